The second-order valence-corrected chi connectivity index (χ2v) is 3.72. The molecule has 0 bridgehead atoms. The molecule has 1 aromatic heterocycles. The predicted octanol–water partition coefficient (Wildman–Crippen LogP) is -0.961. The quantitative estimate of drug-likeness (QED) is 0.692. The van der Waals surface area contributed by atoms with Crippen LogP contribution < -0.4 is 16.4 Å². The van der Waals surface area contributed by atoms with Crippen LogP contribution in [0, 0.1) is 18.3 Å². The Morgan fingerprint density at radius 3 is 2.33 bits per heavy atom. The monoisotopic (exact) mass is 247 g/mol. The molecule has 0 aliphatic rings. The molecule has 1 aromatic rings. The predicted molar refractivity (Wildman–Crippen MR) is 64.3 cm³/mol. The number of aryl methyl sites for hydroxylation is 1. The van der Waals surface area contributed by atoms with Gasteiger partial charge in [0, 0.05) is 5.69 Å². The van der Waals surface area contributed by atoms with Crippen molar-refractivity contribution in [2.24, 2.45) is 11.5 Å². The van der Waals surface area contributed by atoms with Gasteiger partial charge in [-0.25, -0.2) is 4.98 Å². The molecule has 0 spiro atoms. The van der Waals surface area contributed by atoms with Gasteiger partial charge in [-0.15, -0.1) is 0 Å². The summed E-state index contributed by atoms with van der Waals surface area (Å²) in [6, 6.07) is 5.16. The molecule has 0 aliphatic carbocycles. The van der Waals surface area contributed by atoms with E-state index < -0.39 is 11.8 Å². The molecular formula is C11H13N5O2. The third-order valence-corrected chi connectivity index (χ3v) is 2.13. The molecule has 0 radical (unpaired) electrons. The number of rotatable bonds is 5. The number of hydrogen-bond donors (Lipinski definition) is 2. The summed E-state index contributed by atoms with van der Waals surface area (Å²) in [4.78, 5) is 27.4. The number of nitrogens with two attached hydrogens (primary N) is 2. The molecule has 0 atom stereocenters. The minimum atomic E-state index is -0.636. The van der Waals surface area contributed by atoms with Crippen LogP contribution in [0.15, 0.2) is 12.1 Å². The van der Waals surface area contributed by atoms with Crippen molar-refractivity contribution >= 4 is 17.6 Å². The van der Waals surface area contributed by atoms with E-state index in [9.17, 15) is 9.59 Å². The highest BCUT2D eigenvalue weighted by Gasteiger charge is 2.17. The Bertz CT molecular complexity index is 505. The summed E-state index contributed by atoms with van der Waals surface area (Å²) in [5.74, 6) is -1.04. The lowest BCUT2D eigenvalue weighted by Gasteiger charge is -2.21. The first kappa shape index (κ1) is 13.4. The van der Waals surface area contributed by atoms with E-state index in [-0.39, 0.29) is 24.5 Å². The number of nitrogens with zero attached hydrogens (tertiary/aromatic N) is 3. The van der Waals surface area contributed by atoms with Crippen molar-refractivity contribution in [1.29, 1.82) is 5.26 Å². The van der Waals surface area contributed by atoms with Crippen molar-refractivity contribution in [2.45, 2.75) is 6.92 Å². The number of pyridine rings is 1. The van der Waals surface area contributed by atoms with Crippen molar-refractivity contribution < 1.29 is 9.59 Å². The second kappa shape index (κ2) is 5.63. The van der Waals surface area contributed by atoms with Crippen molar-refractivity contribution in [1.82, 2.24) is 4.98 Å². The standard InChI is InChI=1S/C11H13N5O2/c1-7-2-3-8(4-12)11(15-7)16(5-9(13)17)6-10(14)18/h2-3H,5-6H2,1H3,(H2,13,17)(H2,14,18). The van der Waals surface area contributed by atoms with Gasteiger partial charge < -0.3 is 16.4 Å². The zero-order valence-electron chi connectivity index (χ0n) is 9.88. The number of carbonyl (C=O) groups is 2. The Morgan fingerprint density at radius 1 is 1.33 bits per heavy atom. The zero-order chi connectivity index (χ0) is 13.7. The normalized spacial score (nSPS) is 9.56. The van der Waals surface area contributed by atoms with Gasteiger partial charge in [-0.2, -0.15) is 5.26 Å². The first-order valence-electron chi connectivity index (χ1n) is 5.13. The summed E-state index contributed by atoms with van der Waals surface area (Å²) < 4.78 is 0. The van der Waals surface area contributed by atoms with E-state index in [1.165, 1.54) is 4.90 Å². The van der Waals surface area contributed by atoms with Crippen LogP contribution in [0.3, 0.4) is 0 Å². The third kappa shape index (κ3) is 3.45. The minimum Gasteiger partial charge on any atom is -0.368 e. The molecule has 7 heteroatoms. The number of anilines is 1. The van der Waals surface area contributed by atoms with Crippen molar-refractivity contribution in [2.75, 3.05) is 18.0 Å². The van der Waals surface area contributed by atoms with E-state index in [1.54, 1.807) is 19.1 Å². The lowest BCUT2D eigenvalue weighted by molar-refractivity contribution is -0.117. The molecule has 0 fully saturated rings. The molecule has 7 nitrogen and oxygen atoms in total. The van der Waals surface area contributed by atoms with Crippen molar-refractivity contribution in [3.05, 3.63) is 23.4 Å². The van der Waals surface area contributed by atoms with Crippen LogP contribution in [-0.2, 0) is 9.59 Å². The molecule has 1 heterocycles. The van der Waals surface area contributed by atoms with Gasteiger partial charge in [-0.3, -0.25) is 9.59 Å². The number of aromatic nitrogens is 1. The van der Waals surface area contributed by atoms with E-state index in [1.807, 2.05) is 6.07 Å². The Balaban J connectivity index is 3.18. The maximum Gasteiger partial charge on any atom is 0.237 e. The molecule has 0 saturated carbocycles. The van der Waals surface area contributed by atoms with Gasteiger partial charge in [-0.05, 0) is 19.1 Å². The molecule has 0 aliphatic heterocycles. The highest BCUT2D eigenvalue weighted by Crippen LogP contribution is 2.17. The largest absolute Gasteiger partial charge is 0.368 e. The molecular weight excluding hydrogens is 234 g/mol. The van der Waals surface area contributed by atoms with Gasteiger partial charge in [0.2, 0.25) is 11.8 Å². The SMILES string of the molecule is Cc1ccc(C#N)c(N(CC(N)=O)CC(N)=O)n1. The molecule has 0 saturated heterocycles. The van der Waals surface area contributed by atoms with E-state index in [2.05, 4.69) is 4.98 Å². The van der Waals surface area contributed by atoms with Crippen LogP contribution in [0.1, 0.15) is 11.3 Å². The number of hydrogen-bond acceptors (Lipinski definition) is 5. The molecule has 18 heavy (non-hydrogen) atoms. The fourth-order valence-corrected chi connectivity index (χ4v) is 1.45. The van der Waals surface area contributed by atoms with Crippen molar-refractivity contribution in [3.8, 4) is 6.07 Å². The van der Waals surface area contributed by atoms with Crippen LogP contribution in [0.5, 0.6) is 0 Å². The first-order valence-corrected chi connectivity index (χ1v) is 5.13. The van der Waals surface area contributed by atoms with E-state index in [4.69, 9.17) is 16.7 Å². The lowest BCUT2D eigenvalue weighted by Crippen LogP contribution is -2.40. The fraction of sp³-hybridized carbons (Fsp3) is 0.273. The van der Waals surface area contributed by atoms with Crippen LogP contribution in [0.4, 0.5) is 5.82 Å². The Labute approximate surface area is 104 Å². The summed E-state index contributed by atoms with van der Waals surface area (Å²) in [7, 11) is 0. The van der Waals surface area contributed by atoms with Gasteiger partial charge in [0.05, 0.1) is 18.7 Å². The van der Waals surface area contributed by atoms with Crippen LogP contribution in [0.25, 0.3) is 0 Å². The minimum absolute atomic E-state index is 0.228. The average molecular weight is 247 g/mol. The molecule has 1 rings (SSSR count). The number of primary amides is 2. The number of nitriles is 1. The van der Waals surface area contributed by atoms with E-state index in [0.29, 0.717) is 5.69 Å². The Morgan fingerprint density at radius 2 is 1.89 bits per heavy atom. The van der Waals surface area contributed by atoms with Gasteiger partial charge in [0.25, 0.3) is 0 Å². The Hall–Kier alpha value is -2.62. The average Bonchev–Trinajstić information content (AvgIpc) is 2.26. The van der Waals surface area contributed by atoms with Crippen LogP contribution in [-0.4, -0.2) is 29.9 Å². The summed E-state index contributed by atoms with van der Waals surface area (Å²) in [5.41, 5.74) is 11.1. The summed E-state index contributed by atoms with van der Waals surface area (Å²) >= 11 is 0. The van der Waals surface area contributed by atoms with Gasteiger partial charge in [-0.1, -0.05) is 0 Å². The molecule has 4 N–H and O–H groups in total. The van der Waals surface area contributed by atoms with Gasteiger partial charge >= 0.3 is 0 Å². The summed E-state index contributed by atoms with van der Waals surface area (Å²) in [6.07, 6.45) is 0. The zero-order valence-corrected chi connectivity index (χ0v) is 9.88. The van der Waals surface area contributed by atoms with Crippen molar-refractivity contribution in [3.63, 3.8) is 0 Å². The van der Waals surface area contributed by atoms with E-state index in [0.717, 1.165) is 0 Å². The van der Waals surface area contributed by atoms with E-state index >= 15 is 0 Å². The fourth-order valence-electron chi connectivity index (χ4n) is 1.45. The first-order chi connectivity index (χ1) is 8.43. The molecule has 0 aromatic carbocycles. The lowest BCUT2D eigenvalue weighted by atomic mass is 10.2. The number of amides is 2. The van der Waals surface area contributed by atoms with Crippen LogP contribution in [0.2, 0.25) is 0 Å². The molecule has 0 unspecified atom stereocenters. The highest BCUT2D eigenvalue weighted by molar-refractivity contribution is 5.85. The van der Waals surface area contributed by atoms with Crippen LogP contribution >= 0.6 is 0 Å². The topological polar surface area (TPSA) is 126 Å². The smallest absolute Gasteiger partial charge is 0.237 e. The second-order valence-electron chi connectivity index (χ2n) is 3.72. The maximum atomic E-state index is 11.0. The van der Waals surface area contributed by atoms with Gasteiger partial charge in [0.1, 0.15) is 11.9 Å². The molecule has 94 valence electrons. The maximum absolute atomic E-state index is 11.0. The third-order valence-electron chi connectivity index (χ3n) is 2.13. The van der Waals surface area contributed by atoms with Gasteiger partial charge in [0.15, 0.2) is 0 Å². The highest BCUT2D eigenvalue weighted by atomic mass is 16.2. The summed E-state index contributed by atoms with van der Waals surface area (Å²) in [5, 5.41) is 8.98. The summed E-state index contributed by atoms with van der Waals surface area (Å²) in [6.45, 7) is 1.28. The number of carbonyl (C=O) groups excluding carboxylic acids is 2. The molecule has 2 amide bonds. The Kier molecular flexibility index (Phi) is 4.21.